The number of carbonyl (C=O) groups excluding carboxylic acids is 1. The fourth-order valence-electron chi connectivity index (χ4n) is 2.56. The Balaban J connectivity index is 2.35. The van der Waals surface area contributed by atoms with Crippen molar-refractivity contribution in [1.29, 1.82) is 0 Å². The number of amides is 1. The summed E-state index contributed by atoms with van der Waals surface area (Å²) in [6.45, 7) is 5.14. The van der Waals surface area contributed by atoms with Gasteiger partial charge in [0.1, 0.15) is 17.1 Å². The Hall–Kier alpha value is -2.18. The largest absolute Gasteiger partial charge is 0.392 e. The van der Waals surface area contributed by atoms with Crippen molar-refractivity contribution >= 4 is 17.3 Å². The van der Waals surface area contributed by atoms with Crippen LogP contribution >= 0.6 is 0 Å². The van der Waals surface area contributed by atoms with E-state index in [4.69, 9.17) is 5.73 Å². The van der Waals surface area contributed by atoms with E-state index in [1.807, 2.05) is 6.92 Å². The second-order valence-electron chi connectivity index (χ2n) is 5.61. The minimum Gasteiger partial charge on any atom is -0.392 e. The van der Waals surface area contributed by atoms with Gasteiger partial charge in [-0.3, -0.25) is 14.9 Å². The molecule has 6 nitrogen and oxygen atoms in total. The third-order valence-corrected chi connectivity index (χ3v) is 4.20. The highest BCUT2D eigenvalue weighted by atomic mass is 19.1. The summed E-state index contributed by atoms with van der Waals surface area (Å²) >= 11 is 0. The smallest absolute Gasteiger partial charge is 0.293 e. The van der Waals surface area contributed by atoms with Crippen LogP contribution in [-0.2, 0) is 0 Å². The molecule has 1 aromatic carbocycles. The molecular weight excluding hydrogens is 277 g/mol. The Morgan fingerprint density at radius 3 is 2.67 bits per heavy atom. The van der Waals surface area contributed by atoms with Crippen LogP contribution in [0.3, 0.4) is 0 Å². The third kappa shape index (κ3) is 2.81. The molecule has 0 radical (unpaired) electrons. The second kappa shape index (κ2) is 5.67. The molecule has 21 heavy (non-hydrogen) atoms. The molecule has 0 spiro atoms. The van der Waals surface area contributed by atoms with E-state index in [1.165, 1.54) is 4.90 Å². The van der Waals surface area contributed by atoms with Crippen LogP contribution in [0.1, 0.15) is 30.6 Å². The molecule has 1 aromatic rings. The van der Waals surface area contributed by atoms with Crippen LogP contribution < -0.4 is 5.73 Å². The fourth-order valence-corrected chi connectivity index (χ4v) is 2.56. The number of anilines is 1. The molecule has 1 aliphatic heterocycles. The monoisotopic (exact) mass is 295 g/mol. The van der Waals surface area contributed by atoms with Crippen LogP contribution in [0.25, 0.3) is 0 Å². The van der Waals surface area contributed by atoms with Gasteiger partial charge in [-0.2, -0.15) is 0 Å². The van der Waals surface area contributed by atoms with Gasteiger partial charge < -0.3 is 10.6 Å². The van der Waals surface area contributed by atoms with E-state index in [-0.39, 0.29) is 0 Å². The van der Waals surface area contributed by atoms with E-state index in [1.54, 1.807) is 0 Å². The van der Waals surface area contributed by atoms with Crippen LogP contribution in [0.4, 0.5) is 15.8 Å². The number of benzene rings is 1. The number of nitrogens with two attached hydrogens (primary N) is 1. The van der Waals surface area contributed by atoms with E-state index < -0.39 is 33.6 Å². The number of rotatable bonds is 2. The highest BCUT2D eigenvalue weighted by Gasteiger charge is 2.31. The maximum atomic E-state index is 13.9. The molecule has 0 aromatic heterocycles. The summed E-state index contributed by atoms with van der Waals surface area (Å²) in [6, 6.07) is 1.89. The van der Waals surface area contributed by atoms with Crippen LogP contribution in [0.2, 0.25) is 0 Å². The number of hydrogen-bond acceptors (Lipinski definition) is 4. The lowest BCUT2D eigenvalue weighted by molar-refractivity contribution is -0.384. The van der Waals surface area contributed by atoms with Crippen LogP contribution in [0.5, 0.6) is 0 Å². The van der Waals surface area contributed by atoms with Crippen LogP contribution in [0.15, 0.2) is 12.1 Å². The number of piperidine rings is 1. The van der Waals surface area contributed by atoms with Crippen molar-refractivity contribution in [3.63, 3.8) is 0 Å². The molecule has 2 unspecified atom stereocenters. The topological polar surface area (TPSA) is 89.5 Å². The summed E-state index contributed by atoms with van der Waals surface area (Å²) in [5.74, 6) is -0.617. The Bertz CT molecular complexity index is 591. The van der Waals surface area contributed by atoms with E-state index in [0.29, 0.717) is 24.9 Å². The second-order valence-corrected chi connectivity index (χ2v) is 5.61. The summed E-state index contributed by atoms with van der Waals surface area (Å²) < 4.78 is 13.9. The van der Waals surface area contributed by atoms with Crippen molar-refractivity contribution in [3.8, 4) is 0 Å². The van der Waals surface area contributed by atoms with Gasteiger partial charge in [-0.1, -0.05) is 13.8 Å². The van der Waals surface area contributed by atoms with Gasteiger partial charge in [0.05, 0.1) is 4.92 Å². The number of hydrogen-bond donors (Lipinski definition) is 1. The predicted octanol–water partition coefficient (Wildman–Crippen LogP) is 2.43. The summed E-state index contributed by atoms with van der Waals surface area (Å²) in [7, 11) is 0. The summed E-state index contributed by atoms with van der Waals surface area (Å²) in [4.78, 5) is 24.1. The third-order valence-electron chi connectivity index (χ3n) is 4.20. The summed E-state index contributed by atoms with van der Waals surface area (Å²) in [5, 5.41) is 10.9. The number of carbonyl (C=O) groups is 1. The quantitative estimate of drug-likeness (QED) is 0.515. The highest BCUT2D eigenvalue weighted by Crippen LogP contribution is 2.30. The molecule has 1 amide bonds. The molecular formula is C14H18FN3O3. The minimum atomic E-state index is -0.825. The number of nitro groups is 1. The van der Waals surface area contributed by atoms with Crippen molar-refractivity contribution in [2.45, 2.75) is 20.3 Å². The van der Waals surface area contributed by atoms with Crippen LogP contribution in [0, 0.1) is 27.8 Å². The lowest BCUT2D eigenvalue weighted by atomic mass is 9.88. The van der Waals surface area contributed by atoms with Crippen LogP contribution in [-0.4, -0.2) is 28.8 Å². The molecule has 0 aliphatic carbocycles. The molecule has 2 rings (SSSR count). The molecule has 0 saturated carbocycles. The first-order chi connectivity index (χ1) is 9.82. The van der Waals surface area contributed by atoms with E-state index >= 15 is 0 Å². The van der Waals surface area contributed by atoms with Gasteiger partial charge in [0.2, 0.25) is 0 Å². The van der Waals surface area contributed by atoms with Crippen molar-refractivity contribution in [2.24, 2.45) is 11.8 Å². The Morgan fingerprint density at radius 2 is 2.10 bits per heavy atom. The Morgan fingerprint density at radius 1 is 1.43 bits per heavy atom. The van der Waals surface area contributed by atoms with Gasteiger partial charge in [-0.25, -0.2) is 4.39 Å². The SMILES string of the molecule is CC1CCN(C(=O)c2c(F)ccc([N+](=O)[O-])c2N)CC1C. The fraction of sp³-hybridized carbons (Fsp3) is 0.500. The maximum absolute atomic E-state index is 13.9. The summed E-state index contributed by atoms with van der Waals surface area (Å²) in [5.41, 5.74) is 4.38. The van der Waals surface area contributed by atoms with E-state index in [9.17, 15) is 19.3 Å². The molecule has 1 aliphatic rings. The molecule has 2 N–H and O–H groups in total. The molecule has 1 fully saturated rings. The number of nitrogen functional groups attached to an aromatic ring is 1. The van der Waals surface area contributed by atoms with Crippen molar-refractivity contribution in [3.05, 3.63) is 33.6 Å². The average Bonchev–Trinajstić information content (AvgIpc) is 2.41. The molecule has 114 valence electrons. The first-order valence-electron chi connectivity index (χ1n) is 6.84. The number of likely N-dealkylation sites (tertiary alicyclic amines) is 1. The number of halogens is 1. The number of nitro benzene ring substituents is 1. The predicted molar refractivity (Wildman–Crippen MR) is 76.3 cm³/mol. The first kappa shape index (κ1) is 15.2. The Kier molecular flexibility index (Phi) is 4.11. The van der Waals surface area contributed by atoms with E-state index in [2.05, 4.69) is 6.92 Å². The number of nitrogens with zero attached hydrogens (tertiary/aromatic N) is 2. The van der Waals surface area contributed by atoms with Crippen molar-refractivity contribution < 1.29 is 14.1 Å². The van der Waals surface area contributed by atoms with E-state index in [0.717, 1.165) is 18.6 Å². The zero-order chi connectivity index (χ0) is 15.7. The van der Waals surface area contributed by atoms with Gasteiger partial charge in [-0.15, -0.1) is 0 Å². The Labute approximate surface area is 121 Å². The zero-order valence-electron chi connectivity index (χ0n) is 12.0. The van der Waals surface area contributed by atoms with Gasteiger partial charge in [-0.05, 0) is 24.3 Å². The normalized spacial score (nSPS) is 22.1. The van der Waals surface area contributed by atoms with Gasteiger partial charge >= 0.3 is 0 Å². The molecule has 1 saturated heterocycles. The lowest BCUT2D eigenvalue weighted by Crippen LogP contribution is -2.42. The lowest BCUT2D eigenvalue weighted by Gasteiger charge is -2.35. The molecule has 0 bridgehead atoms. The average molecular weight is 295 g/mol. The minimum absolute atomic E-state index is 0.297. The standard InChI is InChI=1S/C14H18FN3O3/c1-8-5-6-17(7-9(8)2)14(19)12-10(15)3-4-11(13(12)16)18(20)21/h3-4,8-9H,5-7,16H2,1-2H3. The molecule has 7 heteroatoms. The van der Waals surface area contributed by atoms with Gasteiger partial charge in [0.25, 0.3) is 11.6 Å². The highest BCUT2D eigenvalue weighted by molar-refractivity contribution is 6.01. The summed E-state index contributed by atoms with van der Waals surface area (Å²) in [6.07, 6.45) is 0.823. The van der Waals surface area contributed by atoms with Crippen molar-refractivity contribution in [2.75, 3.05) is 18.8 Å². The zero-order valence-corrected chi connectivity index (χ0v) is 12.0. The molecule has 2 atom stereocenters. The maximum Gasteiger partial charge on any atom is 0.293 e. The van der Waals surface area contributed by atoms with Gasteiger partial charge in [0, 0.05) is 19.2 Å². The molecule has 1 heterocycles. The van der Waals surface area contributed by atoms with Gasteiger partial charge in [0.15, 0.2) is 0 Å². The van der Waals surface area contributed by atoms with Crippen molar-refractivity contribution in [1.82, 2.24) is 4.90 Å². The first-order valence-corrected chi connectivity index (χ1v) is 6.84.